The van der Waals surface area contributed by atoms with Crippen LogP contribution in [-0.4, -0.2) is 0 Å². The van der Waals surface area contributed by atoms with Gasteiger partial charge < -0.3 is 0 Å². The van der Waals surface area contributed by atoms with E-state index in [-0.39, 0.29) is 0 Å². The lowest BCUT2D eigenvalue weighted by atomic mass is 9.66. The molecular weight excluding hydrogens is 156 g/mol. The Labute approximate surface area is 84.1 Å². The normalized spacial score (nSPS) is 30.9. The fraction of sp³-hybridized carbons (Fsp3) is 1.00. The lowest BCUT2D eigenvalue weighted by molar-refractivity contribution is 0.0992. The predicted molar refractivity (Wildman–Crippen MR) is 59.7 cm³/mol. The molecule has 0 nitrogen and oxygen atoms in total. The summed E-state index contributed by atoms with van der Waals surface area (Å²) in [5, 5.41) is 0. The van der Waals surface area contributed by atoms with Crippen molar-refractivity contribution >= 4 is 0 Å². The lowest BCUT2D eigenvalue weighted by Gasteiger charge is -2.39. The summed E-state index contributed by atoms with van der Waals surface area (Å²) in [5.41, 5.74) is 1.02. The molecule has 78 valence electrons. The topological polar surface area (TPSA) is 0 Å². The molecule has 0 aliphatic heterocycles. The molecule has 1 rings (SSSR count). The van der Waals surface area contributed by atoms with Gasteiger partial charge in [0.2, 0.25) is 0 Å². The van der Waals surface area contributed by atoms with Crippen molar-refractivity contribution in [2.24, 2.45) is 22.7 Å². The van der Waals surface area contributed by atoms with Crippen LogP contribution in [0.5, 0.6) is 0 Å². The SMILES string of the molecule is CC(C)(C)C1CCC[C@H]1C(C)(C)C. The minimum atomic E-state index is 0.508. The molecule has 0 aromatic rings. The minimum Gasteiger partial charge on any atom is -0.0599 e. The summed E-state index contributed by atoms with van der Waals surface area (Å²) in [4.78, 5) is 0. The molecule has 0 heterocycles. The Hall–Kier alpha value is 0. The Kier molecular flexibility index (Phi) is 2.81. The molecule has 0 spiro atoms. The van der Waals surface area contributed by atoms with Gasteiger partial charge in [0.15, 0.2) is 0 Å². The summed E-state index contributed by atoms with van der Waals surface area (Å²) in [7, 11) is 0. The van der Waals surface area contributed by atoms with Gasteiger partial charge in [-0.15, -0.1) is 0 Å². The van der Waals surface area contributed by atoms with Crippen molar-refractivity contribution < 1.29 is 0 Å². The summed E-state index contributed by atoms with van der Waals surface area (Å²) >= 11 is 0. The molecule has 1 unspecified atom stereocenters. The van der Waals surface area contributed by atoms with Crippen molar-refractivity contribution in [3.8, 4) is 0 Å². The molecule has 2 atom stereocenters. The van der Waals surface area contributed by atoms with Gasteiger partial charge in [0.1, 0.15) is 0 Å². The van der Waals surface area contributed by atoms with Crippen LogP contribution in [-0.2, 0) is 0 Å². The van der Waals surface area contributed by atoms with Gasteiger partial charge in [-0.2, -0.15) is 0 Å². The van der Waals surface area contributed by atoms with Crippen molar-refractivity contribution in [3.63, 3.8) is 0 Å². The van der Waals surface area contributed by atoms with E-state index in [4.69, 9.17) is 0 Å². The van der Waals surface area contributed by atoms with Crippen LogP contribution in [0.4, 0.5) is 0 Å². The number of rotatable bonds is 0. The molecule has 13 heavy (non-hydrogen) atoms. The van der Waals surface area contributed by atoms with Crippen molar-refractivity contribution in [2.75, 3.05) is 0 Å². The van der Waals surface area contributed by atoms with E-state index in [0.29, 0.717) is 10.8 Å². The largest absolute Gasteiger partial charge is 0.0599 e. The highest BCUT2D eigenvalue weighted by molar-refractivity contribution is 4.91. The third-order valence-electron chi connectivity index (χ3n) is 3.74. The van der Waals surface area contributed by atoms with Gasteiger partial charge in [0.05, 0.1) is 0 Å². The zero-order chi connectivity index (χ0) is 10.3. The van der Waals surface area contributed by atoms with Crippen molar-refractivity contribution in [1.82, 2.24) is 0 Å². The second-order valence-corrected chi connectivity index (χ2v) is 6.88. The van der Waals surface area contributed by atoms with Gasteiger partial charge in [0.25, 0.3) is 0 Å². The highest BCUT2D eigenvalue weighted by Gasteiger charge is 2.41. The maximum absolute atomic E-state index is 2.40. The van der Waals surface area contributed by atoms with Crippen LogP contribution < -0.4 is 0 Å². The lowest BCUT2D eigenvalue weighted by Crippen LogP contribution is -2.32. The van der Waals surface area contributed by atoms with Gasteiger partial charge in [-0.3, -0.25) is 0 Å². The minimum absolute atomic E-state index is 0.508. The van der Waals surface area contributed by atoms with Crippen LogP contribution in [0.2, 0.25) is 0 Å². The van der Waals surface area contributed by atoms with Crippen molar-refractivity contribution in [1.29, 1.82) is 0 Å². The highest BCUT2D eigenvalue weighted by Crippen LogP contribution is 2.50. The van der Waals surface area contributed by atoms with E-state index < -0.39 is 0 Å². The van der Waals surface area contributed by atoms with Crippen LogP contribution in [0.3, 0.4) is 0 Å². The Morgan fingerprint density at radius 2 is 1.00 bits per heavy atom. The van der Waals surface area contributed by atoms with E-state index in [9.17, 15) is 0 Å². The van der Waals surface area contributed by atoms with Crippen molar-refractivity contribution in [3.05, 3.63) is 0 Å². The smallest absolute Gasteiger partial charge is 0.0332 e. The number of hydrogen-bond acceptors (Lipinski definition) is 0. The first-order valence-corrected chi connectivity index (χ1v) is 5.73. The molecule has 1 fully saturated rings. The van der Waals surface area contributed by atoms with Crippen molar-refractivity contribution in [2.45, 2.75) is 60.8 Å². The maximum Gasteiger partial charge on any atom is -0.0332 e. The van der Waals surface area contributed by atoms with E-state index in [1.807, 2.05) is 0 Å². The molecule has 0 saturated heterocycles. The third-order valence-corrected chi connectivity index (χ3v) is 3.74. The third kappa shape index (κ3) is 2.48. The summed E-state index contributed by atoms with van der Waals surface area (Å²) in [6.07, 6.45) is 4.35. The molecule has 0 amide bonds. The first-order chi connectivity index (χ1) is 5.73. The average molecular weight is 182 g/mol. The summed E-state index contributed by atoms with van der Waals surface area (Å²) in [5.74, 6) is 1.87. The van der Waals surface area contributed by atoms with Gasteiger partial charge in [-0.25, -0.2) is 0 Å². The van der Waals surface area contributed by atoms with Crippen LogP contribution in [0.25, 0.3) is 0 Å². The summed E-state index contributed by atoms with van der Waals surface area (Å²) in [6, 6.07) is 0. The Bertz CT molecular complexity index is 145. The second-order valence-electron chi connectivity index (χ2n) is 6.88. The van der Waals surface area contributed by atoms with Gasteiger partial charge in [-0.1, -0.05) is 48.0 Å². The second kappa shape index (κ2) is 3.29. The molecule has 0 heteroatoms. The highest BCUT2D eigenvalue weighted by atomic mass is 14.5. The Morgan fingerprint density at radius 1 is 0.692 bits per heavy atom. The Morgan fingerprint density at radius 3 is 1.23 bits per heavy atom. The first kappa shape index (κ1) is 11.1. The van der Waals surface area contributed by atoms with E-state index in [1.54, 1.807) is 0 Å². The fourth-order valence-electron chi connectivity index (χ4n) is 3.03. The molecule has 0 aromatic heterocycles. The maximum atomic E-state index is 2.40. The fourth-order valence-corrected chi connectivity index (χ4v) is 3.03. The summed E-state index contributed by atoms with van der Waals surface area (Å²) in [6.45, 7) is 14.4. The van der Waals surface area contributed by atoms with Crippen LogP contribution in [0, 0.1) is 22.7 Å². The van der Waals surface area contributed by atoms with Crippen LogP contribution >= 0.6 is 0 Å². The van der Waals surface area contributed by atoms with Crippen LogP contribution in [0.1, 0.15) is 60.8 Å². The Balaban J connectivity index is 2.76. The molecule has 0 radical (unpaired) electrons. The monoisotopic (exact) mass is 182 g/mol. The molecular formula is C13H26. The molecule has 0 bridgehead atoms. The first-order valence-electron chi connectivity index (χ1n) is 5.73. The molecule has 0 aromatic carbocycles. The molecule has 1 aliphatic rings. The van der Waals surface area contributed by atoms with Gasteiger partial charge in [0, 0.05) is 0 Å². The molecule has 1 saturated carbocycles. The van der Waals surface area contributed by atoms with E-state index in [1.165, 1.54) is 19.3 Å². The molecule has 0 N–H and O–H groups in total. The average Bonchev–Trinajstić information content (AvgIpc) is 2.27. The van der Waals surface area contributed by atoms with Gasteiger partial charge in [-0.05, 0) is 35.5 Å². The predicted octanol–water partition coefficient (Wildman–Crippen LogP) is 4.49. The molecule has 1 aliphatic carbocycles. The zero-order valence-electron chi connectivity index (χ0n) is 10.3. The van der Waals surface area contributed by atoms with Crippen LogP contribution in [0.15, 0.2) is 0 Å². The number of hydrogen-bond donors (Lipinski definition) is 0. The van der Waals surface area contributed by atoms with Gasteiger partial charge >= 0.3 is 0 Å². The quantitative estimate of drug-likeness (QED) is 0.517. The zero-order valence-corrected chi connectivity index (χ0v) is 10.3. The van der Waals surface area contributed by atoms with E-state index in [2.05, 4.69) is 41.5 Å². The standard InChI is InChI=1S/C13H26/c1-12(2,3)10-8-7-9-11(10)13(4,5)6/h10-11H,7-9H2,1-6H3/t10-,11?/m1/s1. The summed E-state index contributed by atoms with van der Waals surface area (Å²) < 4.78 is 0. The van der Waals surface area contributed by atoms with E-state index >= 15 is 0 Å². The van der Waals surface area contributed by atoms with E-state index in [0.717, 1.165) is 11.8 Å².